The molecule has 0 spiro atoms. The fourth-order valence-electron chi connectivity index (χ4n) is 2.01. The van der Waals surface area contributed by atoms with Crippen molar-refractivity contribution >= 4 is 23.2 Å². The molecule has 1 N–H and O–H groups in total. The number of benzene rings is 1. The molecule has 0 saturated carbocycles. The van der Waals surface area contributed by atoms with E-state index in [4.69, 9.17) is 0 Å². The zero-order valence-electron chi connectivity index (χ0n) is 12.0. The topological polar surface area (TPSA) is 55.1 Å². The van der Waals surface area contributed by atoms with Gasteiger partial charge in [0.05, 0.1) is 0 Å². The SMILES string of the molecule is Cc1nnc2ccc(NC[C@H](C)Sc3ccccc3)nn12. The molecule has 21 heavy (non-hydrogen) atoms. The standard InChI is InChI=1S/C15H17N5S/c1-11(21-13-6-4-3-5-7-13)10-16-14-8-9-15-18-17-12(2)20(15)19-14/h3-9,11H,10H2,1-2H3,(H,16,19)/t11-/m0/s1. The van der Waals surface area contributed by atoms with Gasteiger partial charge >= 0.3 is 0 Å². The van der Waals surface area contributed by atoms with E-state index >= 15 is 0 Å². The number of aromatic nitrogens is 4. The van der Waals surface area contributed by atoms with Crippen molar-refractivity contribution in [2.75, 3.05) is 11.9 Å². The summed E-state index contributed by atoms with van der Waals surface area (Å²) >= 11 is 1.85. The highest BCUT2D eigenvalue weighted by molar-refractivity contribution is 8.00. The van der Waals surface area contributed by atoms with Gasteiger partial charge in [-0.3, -0.25) is 0 Å². The minimum absolute atomic E-state index is 0.451. The molecule has 0 bridgehead atoms. The summed E-state index contributed by atoms with van der Waals surface area (Å²) in [5.74, 6) is 1.63. The molecule has 0 saturated heterocycles. The van der Waals surface area contributed by atoms with Gasteiger partial charge in [0.15, 0.2) is 11.5 Å². The first-order valence-electron chi connectivity index (χ1n) is 6.87. The van der Waals surface area contributed by atoms with Crippen LogP contribution in [0.15, 0.2) is 47.4 Å². The first-order valence-corrected chi connectivity index (χ1v) is 7.75. The van der Waals surface area contributed by atoms with E-state index in [1.54, 1.807) is 4.52 Å². The Labute approximate surface area is 127 Å². The second-order valence-electron chi connectivity index (χ2n) is 4.86. The number of hydrogen-bond donors (Lipinski definition) is 1. The first-order chi connectivity index (χ1) is 10.2. The predicted octanol–water partition coefficient (Wildman–Crippen LogP) is 3.03. The van der Waals surface area contributed by atoms with Crippen molar-refractivity contribution in [3.8, 4) is 0 Å². The molecule has 3 rings (SSSR count). The maximum atomic E-state index is 4.49. The average Bonchev–Trinajstić information content (AvgIpc) is 2.87. The van der Waals surface area contributed by atoms with Gasteiger partial charge < -0.3 is 5.32 Å². The summed E-state index contributed by atoms with van der Waals surface area (Å²) in [7, 11) is 0. The van der Waals surface area contributed by atoms with Crippen LogP contribution >= 0.6 is 11.8 Å². The second kappa shape index (κ2) is 6.13. The fraction of sp³-hybridized carbons (Fsp3) is 0.267. The Morgan fingerprint density at radius 3 is 2.76 bits per heavy atom. The molecule has 0 unspecified atom stereocenters. The summed E-state index contributed by atoms with van der Waals surface area (Å²) in [6, 6.07) is 14.3. The van der Waals surface area contributed by atoms with Crippen LogP contribution in [-0.2, 0) is 0 Å². The number of rotatable bonds is 5. The molecule has 0 fully saturated rings. The summed E-state index contributed by atoms with van der Waals surface area (Å²) < 4.78 is 1.75. The molecular formula is C15H17N5S. The normalized spacial score (nSPS) is 12.5. The van der Waals surface area contributed by atoms with Crippen LogP contribution in [0.1, 0.15) is 12.7 Å². The zero-order valence-corrected chi connectivity index (χ0v) is 12.8. The molecule has 2 aromatic heterocycles. The second-order valence-corrected chi connectivity index (χ2v) is 6.37. The number of thioether (sulfide) groups is 1. The third-order valence-corrected chi connectivity index (χ3v) is 4.18. The first kappa shape index (κ1) is 13.9. The maximum absolute atomic E-state index is 4.49. The maximum Gasteiger partial charge on any atom is 0.178 e. The quantitative estimate of drug-likeness (QED) is 0.734. The number of fused-ring (bicyclic) bond motifs is 1. The highest BCUT2D eigenvalue weighted by Gasteiger charge is 2.06. The number of anilines is 1. The van der Waals surface area contributed by atoms with Crippen LogP contribution < -0.4 is 5.32 Å². The largest absolute Gasteiger partial charge is 0.368 e. The fourth-order valence-corrected chi connectivity index (χ4v) is 2.96. The minimum Gasteiger partial charge on any atom is -0.368 e. The Balaban J connectivity index is 1.62. The lowest BCUT2D eigenvalue weighted by Gasteiger charge is -2.12. The van der Waals surface area contributed by atoms with Gasteiger partial charge in [-0.05, 0) is 31.2 Å². The monoisotopic (exact) mass is 299 g/mol. The lowest BCUT2D eigenvalue weighted by atomic mass is 10.4. The summed E-state index contributed by atoms with van der Waals surface area (Å²) in [6.07, 6.45) is 0. The van der Waals surface area contributed by atoms with E-state index in [-0.39, 0.29) is 0 Å². The van der Waals surface area contributed by atoms with E-state index in [1.165, 1.54) is 4.90 Å². The van der Waals surface area contributed by atoms with Crippen LogP contribution in [0.2, 0.25) is 0 Å². The van der Waals surface area contributed by atoms with Gasteiger partial charge in [-0.2, -0.15) is 4.52 Å². The Kier molecular flexibility index (Phi) is 4.06. The number of hydrogen-bond acceptors (Lipinski definition) is 5. The van der Waals surface area contributed by atoms with Crippen LogP contribution in [0, 0.1) is 6.92 Å². The zero-order chi connectivity index (χ0) is 14.7. The Morgan fingerprint density at radius 2 is 1.95 bits per heavy atom. The van der Waals surface area contributed by atoms with Gasteiger partial charge in [0.1, 0.15) is 5.82 Å². The number of nitrogens with one attached hydrogen (secondary N) is 1. The highest BCUT2D eigenvalue weighted by atomic mass is 32.2. The van der Waals surface area contributed by atoms with Crippen molar-refractivity contribution in [3.05, 3.63) is 48.3 Å². The Bertz CT molecular complexity index is 725. The molecule has 0 amide bonds. The van der Waals surface area contributed by atoms with Crippen LogP contribution in [0.4, 0.5) is 5.82 Å². The molecular weight excluding hydrogens is 282 g/mol. The van der Waals surface area contributed by atoms with Gasteiger partial charge in [-0.25, -0.2) is 0 Å². The van der Waals surface area contributed by atoms with Crippen LogP contribution in [0.25, 0.3) is 5.65 Å². The number of aryl methyl sites for hydroxylation is 1. The van der Waals surface area contributed by atoms with E-state index in [2.05, 4.69) is 51.8 Å². The molecule has 3 aromatic rings. The molecule has 6 heteroatoms. The smallest absolute Gasteiger partial charge is 0.178 e. The molecule has 0 aliphatic carbocycles. The van der Waals surface area contributed by atoms with E-state index in [0.717, 1.165) is 23.8 Å². The van der Waals surface area contributed by atoms with Gasteiger partial charge in [0, 0.05) is 16.7 Å². The molecule has 108 valence electrons. The molecule has 0 aliphatic heterocycles. The summed E-state index contributed by atoms with van der Waals surface area (Å²) in [6.45, 7) is 4.94. The van der Waals surface area contributed by atoms with Crippen molar-refractivity contribution in [2.45, 2.75) is 24.0 Å². The third-order valence-electron chi connectivity index (χ3n) is 3.07. The van der Waals surface area contributed by atoms with Crippen LogP contribution in [-0.4, -0.2) is 31.6 Å². The van der Waals surface area contributed by atoms with Crippen LogP contribution in [0.3, 0.4) is 0 Å². The van der Waals surface area contributed by atoms with Crippen molar-refractivity contribution in [3.63, 3.8) is 0 Å². The van der Waals surface area contributed by atoms with E-state index in [1.807, 2.05) is 36.9 Å². The van der Waals surface area contributed by atoms with Gasteiger partial charge in [0.25, 0.3) is 0 Å². The highest BCUT2D eigenvalue weighted by Crippen LogP contribution is 2.22. The van der Waals surface area contributed by atoms with Gasteiger partial charge in [0.2, 0.25) is 0 Å². The summed E-state index contributed by atoms with van der Waals surface area (Å²) in [5.41, 5.74) is 0.768. The van der Waals surface area contributed by atoms with E-state index in [9.17, 15) is 0 Å². The Hall–Kier alpha value is -2.08. The lowest BCUT2D eigenvalue weighted by Crippen LogP contribution is -2.14. The molecule has 5 nitrogen and oxygen atoms in total. The lowest BCUT2D eigenvalue weighted by molar-refractivity contribution is 0.866. The van der Waals surface area contributed by atoms with Gasteiger partial charge in [-0.1, -0.05) is 25.1 Å². The molecule has 2 heterocycles. The molecule has 1 aromatic carbocycles. The Morgan fingerprint density at radius 1 is 1.14 bits per heavy atom. The molecule has 0 aliphatic rings. The molecule has 0 radical (unpaired) electrons. The third kappa shape index (κ3) is 3.33. The summed E-state index contributed by atoms with van der Waals surface area (Å²) in [4.78, 5) is 1.28. The van der Waals surface area contributed by atoms with Crippen molar-refractivity contribution in [1.82, 2.24) is 19.8 Å². The number of nitrogens with zero attached hydrogens (tertiary/aromatic N) is 4. The predicted molar refractivity (Wildman–Crippen MR) is 85.8 cm³/mol. The van der Waals surface area contributed by atoms with Crippen molar-refractivity contribution in [1.29, 1.82) is 0 Å². The van der Waals surface area contributed by atoms with Crippen molar-refractivity contribution in [2.24, 2.45) is 0 Å². The summed E-state index contributed by atoms with van der Waals surface area (Å²) in [5, 5.41) is 16.3. The average molecular weight is 299 g/mol. The van der Waals surface area contributed by atoms with Crippen molar-refractivity contribution < 1.29 is 0 Å². The van der Waals surface area contributed by atoms with E-state index < -0.39 is 0 Å². The molecule has 1 atom stereocenters. The van der Waals surface area contributed by atoms with Gasteiger partial charge in [-0.15, -0.1) is 27.1 Å². The minimum atomic E-state index is 0.451. The van der Waals surface area contributed by atoms with Crippen LogP contribution in [0.5, 0.6) is 0 Å². The van der Waals surface area contributed by atoms with E-state index in [0.29, 0.717) is 5.25 Å².